The van der Waals surface area contributed by atoms with Crippen molar-refractivity contribution in [3.8, 4) is 0 Å². The van der Waals surface area contributed by atoms with Crippen LogP contribution < -0.4 is 5.32 Å². The van der Waals surface area contributed by atoms with Gasteiger partial charge >= 0.3 is 5.97 Å². The van der Waals surface area contributed by atoms with Crippen molar-refractivity contribution in [3.05, 3.63) is 0 Å². The Labute approximate surface area is 63.0 Å². The van der Waals surface area contributed by atoms with Gasteiger partial charge in [-0.25, -0.2) is 9.18 Å². The maximum atomic E-state index is 12.2. The van der Waals surface area contributed by atoms with Crippen LogP contribution in [0.4, 0.5) is 4.39 Å². The number of halogens is 1. The van der Waals surface area contributed by atoms with Gasteiger partial charge < -0.3 is 10.4 Å². The number of thioether (sulfide) groups is 1. The minimum Gasteiger partial charge on any atom is -0.478 e. The first kappa shape index (κ1) is 9.71. The second-order valence-corrected chi connectivity index (χ2v) is 2.78. The van der Waals surface area contributed by atoms with Gasteiger partial charge in [-0.1, -0.05) is 0 Å². The van der Waals surface area contributed by atoms with Gasteiger partial charge in [-0.3, -0.25) is 0 Å². The molecular formula is C5H10FNO2S. The molecule has 5 heteroatoms. The molecule has 0 fully saturated rings. The highest BCUT2D eigenvalue weighted by Gasteiger charge is 2.14. The fourth-order valence-electron chi connectivity index (χ4n) is 0.336. The molecular weight excluding hydrogens is 157 g/mol. The molecule has 0 bridgehead atoms. The van der Waals surface area contributed by atoms with Gasteiger partial charge in [0.2, 0.25) is 5.50 Å². The van der Waals surface area contributed by atoms with E-state index >= 15 is 0 Å². The van der Waals surface area contributed by atoms with Crippen LogP contribution in [-0.4, -0.2) is 35.9 Å². The second kappa shape index (κ2) is 5.49. The number of carboxylic acids is 1. The summed E-state index contributed by atoms with van der Waals surface area (Å²) in [5.74, 6) is -0.926. The van der Waals surface area contributed by atoms with E-state index in [2.05, 4.69) is 5.32 Å². The topological polar surface area (TPSA) is 49.3 Å². The lowest BCUT2D eigenvalue weighted by atomic mass is 10.8. The summed E-state index contributed by atoms with van der Waals surface area (Å²) in [4.78, 5) is 9.88. The third-order valence-corrected chi connectivity index (χ3v) is 1.74. The van der Waals surface area contributed by atoms with E-state index in [-0.39, 0.29) is 0 Å². The average molecular weight is 167 g/mol. The monoisotopic (exact) mass is 167 g/mol. The zero-order chi connectivity index (χ0) is 7.98. The summed E-state index contributed by atoms with van der Waals surface area (Å²) in [6, 6.07) is 0. The molecule has 0 amide bonds. The van der Waals surface area contributed by atoms with E-state index in [1.165, 1.54) is 0 Å². The first-order chi connectivity index (χ1) is 4.68. The van der Waals surface area contributed by atoms with Crippen LogP contribution in [0.2, 0.25) is 0 Å². The lowest BCUT2D eigenvalue weighted by molar-refractivity contribution is -0.139. The van der Waals surface area contributed by atoms with Crippen molar-refractivity contribution in [2.45, 2.75) is 5.50 Å². The Morgan fingerprint density at radius 1 is 1.90 bits per heavy atom. The van der Waals surface area contributed by atoms with Crippen LogP contribution in [-0.2, 0) is 4.79 Å². The number of nitrogens with one attached hydrogen (secondary N) is 1. The third kappa shape index (κ3) is 4.58. The Kier molecular flexibility index (Phi) is 5.33. The van der Waals surface area contributed by atoms with Crippen molar-refractivity contribution in [3.63, 3.8) is 0 Å². The summed E-state index contributed by atoms with van der Waals surface area (Å²) in [6.45, 7) is 0.623. The highest BCUT2D eigenvalue weighted by atomic mass is 32.2. The molecule has 0 spiro atoms. The van der Waals surface area contributed by atoms with E-state index in [0.717, 1.165) is 11.8 Å². The molecule has 2 N–H and O–H groups in total. The number of hydrogen-bond acceptors (Lipinski definition) is 3. The summed E-state index contributed by atoms with van der Waals surface area (Å²) in [5, 5.41) is 10.8. The summed E-state index contributed by atoms with van der Waals surface area (Å²) < 4.78 is 12.2. The van der Waals surface area contributed by atoms with Crippen LogP contribution in [0.15, 0.2) is 0 Å². The molecule has 0 aromatic heterocycles. The first-order valence-corrected chi connectivity index (χ1v) is 3.86. The van der Waals surface area contributed by atoms with Crippen LogP contribution in [0, 0.1) is 0 Å². The lowest BCUT2D eigenvalue weighted by Crippen LogP contribution is -2.15. The quantitative estimate of drug-likeness (QED) is 0.579. The number of hydrogen-bond donors (Lipinski definition) is 2. The van der Waals surface area contributed by atoms with Crippen LogP contribution in [0.3, 0.4) is 0 Å². The minimum absolute atomic E-state index is 0.476. The highest BCUT2D eigenvalue weighted by molar-refractivity contribution is 8.00. The van der Waals surface area contributed by atoms with Gasteiger partial charge in [-0.15, -0.1) is 11.8 Å². The normalized spacial score (nSPS) is 13.0. The Morgan fingerprint density at radius 2 is 2.50 bits per heavy atom. The van der Waals surface area contributed by atoms with Gasteiger partial charge in [-0.2, -0.15) is 0 Å². The SMILES string of the molecule is CNCCSC(F)C(=O)O. The number of rotatable bonds is 5. The molecule has 0 aliphatic rings. The Balaban J connectivity index is 3.21. The summed E-state index contributed by atoms with van der Waals surface area (Å²) >= 11 is 0.780. The molecule has 10 heavy (non-hydrogen) atoms. The minimum atomic E-state index is -1.78. The van der Waals surface area contributed by atoms with Gasteiger partial charge in [0.1, 0.15) is 0 Å². The van der Waals surface area contributed by atoms with Crippen molar-refractivity contribution in [2.24, 2.45) is 0 Å². The number of aliphatic carboxylic acids is 1. The van der Waals surface area contributed by atoms with Crippen molar-refractivity contribution in [1.29, 1.82) is 0 Å². The lowest BCUT2D eigenvalue weighted by Gasteiger charge is -2.00. The Bertz CT molecular complexity index is 112. The van der Waals surface area contributed by atoms with Crippen molar-refractivity contribution >= 4 is 17.7 Å². The van der Waals surface area contributed by atoms with E-state index in [4.69, 9.17) is 5.11 Å². The van der Waals surface area contributed by atoms with Crippen molar-refractivity contribution in [2.75, 3.05) is 19.3 Å². The molecule has 1 unspecified atom stereocenters. The molecule has 0 aromatic carbocycles. The molecule has 0 saturated carbocycles. The summed E-state index contributed by atoms with van der Waals surface area (Å²) in [6.07, 6.45) is 0. The van der Waals surface area contributed by atoms with Crippen LogP contribution >= 0.6 is 11.8 Å². The van der Waals surface area contributed by atoms with Crippen LogP contribution in [0.25, 0.3) is 0 Å². The van der Waals surface area contributed by atoms with Gasteiger partial charge in [0.25, 0.3) is 0 Å². The van der Waals surface area contributed by atoms with Gasteiger partial charge in [0, 0.05) is 12.3 Å². The number of carbonyl (C=O) groups is 1. The smallest absolute Gasteiger partial charge is 0.348 e. The Hall–Kier alpha value is -0.290. The predicted molar refractivity (Wildman–Crippen MR) is 38.9 cm³/mol. The maximum Gasteiger partial charge on any atom is 0.348 e. The van der Waals surface area contributed by atoms with Gasteiger partial charge in [-0.05, 0) is 7.05 Å². The van der Waals surface area contributed by atoms with Crippen LogP contribution in [0.1, 0.15) is 0 Å². The fourth-order valence-corrected chi connectivity index (χ4v) is 1.01. The maximum absolute atomic E-state index is 12.2. The molecule has 0 radical (unpaired) electrons. The molecule has 0 rings (SSSR count). The van der Waals surface area contributed by atoms with Crippen molar-refractivity contribution in [1.82, 2.24) is 5.32 Å². The van der Waals surface area contributed by atoms with Gasteiger partial charge in [0.15, 0.2) is 0 Å². The fraction of sp³-hybridized carbons (Fsp3) is 0.800. The molecule has 60 valence electrons. The number of alkyl halides is 1. The molecule has 1 atom stereocenters. The zero-order valence-corrected chi connectivity index (χ0v) is 6.45. The molecule has 0 aromatic rings. The van der Waals surface area contributed by atoms with E-state index < -0.39 is 11.5 Å². The zero-order valence-electron chi connectivity index (χ0n) is 5.63. The molecule has 0 saturated heterocycles. The van der Waals surface area contributed by atoms with Gasteiger partial charge in [0.05, 0.1) is 0 Å². The number of carboxylic acid groups (broad SMARTS) is 1. The summed E-state index contributed by atoms with van der Waals surface area (Å²) in [7, 11) is 1.73. The Morgan fingerprint density at radius 3 is 2.90 bits per heavy atom. The second-order valence-electron chi connectivity index (χ2n) is 1.63. The standard InChI is InChI=1S/C5H10FNO2S/c1-7-2-3-10-4(6)5(8)9/h4,7H,2-3H2,1H3,(H,8,9). The third-order valence-electron chi connectivity index (χ3n) is 0.810. The predicted octanol–water partition coefficient (Wildman–Crippen LogP) is 0.319. The summed E-state index contributed by atoms with van der Waals surface area (Å²) in [5.41, 5.74) is -1.78. The molecule has 0 heterocycles. The van der Waals surface area contributed by atoms with E-state index in [1.54, 1.807) is 7.05 Å². The molecule has 0 aliphatic carbocycles. The highest BCUT2D eigenvalue weighted by Crippen LogP contribution is 2.10. The molecule has 3 nitrogen and oxygen atoms in total. The molecule has 0 aliphatic heterocycles. The van der Waals surface area contributed by atoms with Crippen molar-refractivity contribution < 1.29 is 14.3 Å². The largest absolute Gasteiger partial charge is 0.478 e. The van der Waals surface area contributed by atoms with Crippen LogP contribution in [0.5, 0.6) is 0 Å². The average Bonchev–Trinajstić information content (AvgIpc) is 1.88. The first-order valence-electron chi connectivity index (χ1n) is 2.81. The van der Waals surface area contributed by atoms with E-state index in [9.17, 15) is 9.18 Å². The van der Waals surface area contributed by atoms with E-state index in [1.807, 2.05) is 0 Å². The van der Waals surface area contributed by atoms with E-state index in [0.29, 0.717) is 12.3 Å².